The third kappa shape index (κ3) is 2.67. The van der Waals surface area contributed by atoms with Crippen LogP contribution in [0, 0.1) is 10.5 Å². The topological polar surface area (TPSA) is 35.2 Å². The fourth-order valence-electron chi connectivity index (χ4n) is 1.92. The van der Waals surface area contributed by atoms with Gasteiger partial charge in [-0.15, -0.1) is 0 Å². The average molecular weight is 353 g/mol. The van der Waals surface area contributed by atoms with Crippen molar-refractivity contribution in [1.29, 1.82) is 0 Å². The maximum Gasteiger partial charge on any atom is 0.119 e. The molecule has 0 bridgehead atoms. The number of nitrogens with two attached hydrogens (primary N) is 1. The molecule has 0 amide bonds. The van der Waals surface area contributed by atoms with E-state index < -0.39 is 0 Å². The molecule has 2 nitrogen and oxygen atoms in total. The van der Waals surface area contributed by atoms with Gasteiger partial charge in [-0.1, -0.05) is 30.3 Å². The number of aryl methyl sites for hydroxylation is 1. The van der Waals surface area contributed by atoms with Gasteiger partial charge in [0, 0.05) is 3.57 Å². The van der Waals surface area contributed by atoms with Gasteiger partial charge in [-0.25, -0.2) is 0 Å². The van der Waals surface area contributed by atoms with Crippen LogP contribution in [0.25, 0.3) is 0 Å². The molecule has 2 rings (SSSR count). The molecule has 0 aromatic heterocycles. The summed E-state index contributed by atoms with van der Waals surface area (Å²) in [5, 5.41) is 0. The van der Waals surface area contributed by atoms with Gasteiger partial charge in [-0.2, -0.15) is 0 Å². The van der Waals surface area contributed by atoms with E-state index in [4.69, 9.17) is 10.5 Å². The van der Waals surface area contributed by atoms with Gasteiger partial charge < -0.3 is 10.5 Å². The summed E-state index contributed by atoms with van der Waals surface area (Å²) in [6.45, 7) is 2.10. The lowest BCUT2D eigenvalue weighted by atomic mass is 9.98. The Hall–Kier alpha value is -1.07. The number of hydrogen-bond acceptors (Lipinski definition) is 2. The third-order valence-corrected chi connectivity index (χ3v) is 4.48. The fraction of sp³-hybridized carbons (Fsp3) is 0.200. The number of ether oxygens (including phenoxy) is 1. The highest BCUT2D eigenvalue weighted by Crippen LogP contribution is 2.27. The quantitative estimate of drug-likeness (QED) is 0.855. The number of benzene rings is 2. The fourth-order valence-corrected chi connectivity index (χ4v) is 2.62. The molecular formula is C15H16INO. The Bertz CT molecular complexity index is 554. The molecule has 1 unspecified atom stereocenters. The normalized spacial score (nSPS) is 12.2. The van der Waals surface area contributed by atoms with Crippen molar-refractivity contribution in [2.45, 2.75) is 13.0 Å². The molecule has 2 N–H and O–H groups in total. The van der Waals surface area contributed by atoms with Gasteiger partial charge in [-0.05, 0) is 58.3 Å². The van der Waals surface area contributed by atoms with Gasteiger partial charge in [-0.3, -0.25) is 0 Å². The number of methoxy groups -OCH3 is 1. The van der Waals surface area contributed by atoms with E-state index in [1.54, 1.807) is 7.11 Å². The van der Waals surface area contributed by atoms with Crippen molar-refractivity contribution < 1.29 is 4.74 Å². The van der Waals surface area contributed by atoms with Crippen LogP contribution in [0.1, 0.15) is 22.7 Å². The van der Waals surface area contributed by atoms with Crippen LogP contribution in [0.3, 0.4) is 0 Å². The number of hydrogen-bond donors (Lipinski definition) is 1. The van der Waals surface area contributed by atoms with E-state index in [0.717, 1.165) is 16.9 Å². The summed E-state index contributed by atoms with van der Waals surface area (Å²) in [7, 11) is 1.67. The zero-order valence-corrected chi connectivity index (χ0v) is 12.6. The molecule has 0 spiro atoms. The Labute approximate surface area is 121 Å². The first-order valence-corrected chi connectivity index (χ1v) is 6.86. The van der Waals surface area contributed by atoms with Gasteiger partial charge in [0.25, 0.3) is 0 Å². The minimum absolute atomic E-state index is 0.119. The van der Waals surface area contributed by atoms with Crippen molar-refractivity contribution in [3.63, 3.8) is 0 Å². The molecule has 0 radical (unpaired) electrons. The van der Waals surface area contributed by atoms with Gasteiger partial charge in [0.1, 0.15) is 5.75 Å². The van der Waals surface area contributed by atoms with Gasteiger partial charge in [0.15, 0.2) is 0 Å². The highest BCUT2D eigenvalue weighted by atomic mass is 127. The van der Waals surface area contributed by atoms with Crippen LogP contribution in [0.5, 0.6) is 5.75 Å². The van der Waals surface area contributed by atoms with Crippen molar-refractivity contribution in [3.05, 3.63) is 62.7 Å². The summed E-state index contributed by atoms with van der Waals surface area (Å²) in [6.07, 6.45) is 0. The molecule has 18 heavy (non-hydrogen) atoms. The highest BCUT2D eigenvalue weighted by molar-refractivity contribution is 14.1. The third-order valence-electron chi connectivity index (χ3n) is 3.01. The van der Waals surface area contributed by atoms with E-state index in [1.165, 1.54) is 9.13 Å². The lowest BCUT2D eigenvalue weighted by Gasteiger charge is -2.16. The van der Waals surface area contributed by atoms with Gasteiger partial charge >= 0.3 is 0 Å². The molecule has 0 heterocycles. The maximum atomic E-state index is 6.35. The summed E-state index contributed by atoms with van der Waals surface area (Å²) in [5.41, 5.74) is 9.83. The lowest BCUT2D eigenvalue weighted by molar-refractivity contribution is 0.414. The highest BCUT2D eigenvalue weighted by Gasteiger charge is 2.13. The molecule has 0 aliphatic heterocycles. The Morgan fingerprint density at radius 1 is 1.17 bits per heavy atom. The van der Waals surface area contributed by atoms with E-state index in [1.807, 2.05) is 30.3 Å². The Morgan fingerprint density at radius 3 is 2.61 bits per heavy atom. The second kappa shape index (κ2) is 5.71. The smallest absolute Gasteiger partial charge is 0.119 e. The second-order valence-electron chi connectivity index (χ2n) is 4.23. The Balaban J connectivity index is 2.41. The molecule has 0 aliphatic rings. The lowest BCUT2D eigenvalue weighted by Crippen LogP contribution is -2.13. The summed E-state index contributed by atoms with van der Waals surface area (Å²) >= 11 is 2.35. The van der Waals surface area contributed by atoms with Gasteiger partial charge in [0.05, 0.1) is 13.2 Å². The van der Waals surface area contributed by atoms with E-state index in [0.29, 0.717) is 0 Å². The first-order valence-electron chi connectivity index (χ1n) is 5.78. The van der Waals surface area contributed by atoms with Crippen LogP contribution < -0.4 is 10.5 Å². The average Bonchev–Trinajstić information content (AvgIpc) is 2.41. The number of halogens is 1. The van der Waals surface area contributed by atoms with Crippen molar-refractivity contribution in [2.24, 2.45) is 5.73 Å². The molecule has 2 aromatic rings. The van der Waals surface area contributed by atoms with Crippen LogP contribution in [0.4, 0.5) is 0 Å². The van der Waals surface area contributed by atoms with Crippen LogP contribution in [0.15, 0.2) is 42.5 Å². The van der Waals surface area contributed by atoms with Crippen molar-refractivity contribution in [2.75, 3.05) is 7.11 Å². The monoisotopic (exact) mass is 353 g/mol. The first-order chi connectivity index (χ1) is 8.63. The molecule has 2 aromatic carbocycles. The minimum atomic E-state index is -0.119. The van der Waals surface area contributed by atoms with E-state index >= 15 is 0 Å². The van der Waals surface area contributed by atoms with Gasteiger partial charge in [0.2, 0.25) is 0 Å². The molecule has 0 fully saturated rings. The van der Waals surface area contributed by atoms with Crippen molar-refractivity contribution in [1.82, 2.24) is 0 Å². The molecule has 0 saturated carbocycles. The molecule has 1 atom stereocenters. The molecule has 94 valence electrons. The van der Waals surface area contributed by atoms with Crippen LogP contribution >= 0.6 is 22.6 Å². The predicted molar refractivity (Wildman–Crippen MR) is 82.9 cm³/mol. The van der Waals surface area contributed by atoms with E-state index in [-0.39, 0.29) is 6.04 Å². The molecular weight excluding hydrogens is 337 g/mol. The molecule has 3 heteroatoms. The summed E-state index contributed by atoms with van der Waals surface area (Å²) in [4.78, 5) is 0. The van der Waals surface area contributed by atoms with Crippen molar-refractivity contribution in [3.8, 4) is 5.75 Å². The standard InChI is InChI=1S/C15H16INO/c1-10-5-3-8-13(14(10)16)15(17)11-6-4-7-12(9-11)18-2/h3-9,15H,17H2,1-2H3. The van der Waals surface area contributed by atoms with Crippen LogP contribution in [-0.4, -0.2) is 7.11 Å². The second-order valence-corrected chi connectivity index (χ2v) is 5.31. The Kier molecular flexibility index (Phi) is 4.24. The maximum absolute atomic E-state index is 6.35. The van der Waals surface area contributed by atoms with Crippen LogP contribution in [0.2, 0.25) is 0 Å². The Morgan fingerprint density at radius 2 is 1.89 bits per heavy atom. The summed E-state index contributed by atoms with van der Waals surface area (Å²) in [5.74, 6) is 0.839. The van der Waals surface area contributed by atoms with Crippen molar-refractivity contribution >= 4 is 22.6 Å². The molecule has 0 aliphatic carbocycles. The zero-order chi connectivity index (χ0) is 13.1. The summed E-state index contributed by atoms with van der Waals surface area (Å²) < 4.78 is 6.46. The number of rotatable bonds is 3. The SMILES string of the molecule is COc1cccc(C(N)c2cccc(C)c2I)c1. The van der Waals surface area contributed by atoms with E-state index in [9.17, 15) is 0 Å². The molecule has 0 saturated heterocycles. The summed E-state index contributed by atoms with van der Waals surface area (Å²) in [6, 6.07) is 14.0. The van der Waals surface area contributed by atoms with E-state index in [2.05, 4.69) is 41.6 Å². The van der Waals surface area contributed by atoms with Crippen LogP contribution in [-0.2, 0) is 0 Å². The first kappa shape index (κ1) is 13.4. The zero-order valence-electron chi connectivity index (χ0n) is 10.5. The predicted octanol–water partition coefficient (Wildman–Crippen LogP) is 3.66. The largest absolute Gasteiger partial charge is 0.497 e. The minimum Gasteiger partial charge on any atom is -0.497 e.